The van der Waals surface area contributed by atoms with Crippen LogP contribution in [0.4, 0.5) is 0 Å². The standard InChI is InChI=1S/C10H15ClN2O2S/c1-8(13-6-7-16(12,14)15)9-4-2-3-5-10(9)11/h2-5,8,13H,6-7H2,1H3,(H2,12,14,15)/t8-/m1/s1. The van der Waals surface area contributed by atoms with Crippen molar-refractivity contribution < 1.29 is 8.42 Å². The Morgan fingerprint density at radius 1 is 1.44 bits per heavy atom. The minimum Gasteiger partial charge on any atom is -0.309 e. The second kappa shape index (κ2) is 5.63. The zero-order chi connectivity index (χ0) is 12.2. The molecule has 0 aliphatic heterocycles. The van der Waals surface area contributed by atoms with E-state index in [1.54, 1.807) is 6.07 Å². The molecule has 1 aromatic carbocycles. The number of halogens is 1. The molecule has 0 radical (unpaired) electrons. The van der Waals surface area contributed by atoms with E-state index >= 15 is 0 Å². The Kier molecular flexibility index (Phi) is 4.73. The van der Waals surface area contributed by atoms with Gasteiger partial charge in [0.05, 0.1) is 5.75 Å². The maximum absolute atomic E-state index is 10.7. The van der Waals surface area contributed by atoms with Gasteiger partial charge in [0, 0.05) is 17.6 Å². The number of sulfonamides is 1. The van der Waals surface area contributed by atoms with Crippen LogP contribution in [-0.2, 0) is 10.0 Å². The maximum atomic E-state index is 10.7. The van der Waals surface area contributed by atoms with Crippen molar-refractivity contribution in [2.24, 2.45) is 5.14 Å². The van der Waals surface area contributed by atoms with Crippen molar-refractivity contribution >= 4 is 21.6 Å². The predicted molar refractivity (Wildman–Crippen MR) is 65.8 cm³/mol. The van der Waals surface area contributed by atoms with Crippen LogP contribution in [-0.4, -0.2) is 20.7 Å². The number of primary sulfonamides is 1. The van der Waals surface area contributed by atoms with Crippen LogP contribution in [0, 0.1) is 0 Å². The van der Waals surface area contributed by atoms with Crippen molar-refractivity contribution in [1.82, 2.24) is 5.32 Å². The number of rotatable bonds is 5. The molecule has 1 aromatic rings. The van der Waals surface area contributed by atoms with Crippen molar-refractivity contribution in [3.8, 4) is 0 Å². The lowest BCUT2D eigenvalue weighted by atomic mass is 10.1. The van der Waals surface area contributed by atoms with Crippen LogP contribution < -0.4 is 10.5 Å². The molecule has 4 nitrogen and oxygen atoms in total. The average Bonchev–Trinajstić information content (AvgIpc) is 2.16. The molecule has 0 heterocycles. The molecule has 1 rings (SSSR count). The lowest BCUT2D eigenvalue weighted by Gasteiger charge is -2.15. The second-order valence-corrected chi connectivity index (χ2v) is 5.71. The molecule has 1 atom stereocenters. The fourth-order valence-electron chi connectivity index (χ4n) is 1.35. The first-order valence-corrected chi connectivity index (χ1v) is 6.98. The molecule has 0 unspecified atom stereocenters. The number of benzene rings is 1. The first-order valence-electron chi connectivity index (χ1n) is 4.88. The van der Waals surface area contributed by atoms with E-state index in [0.29, 0.717) is 11.6 Å². The van der Waals surface area contributed by atoms with Gasteiger partial charge in [-0.1, -0.05) is 29.8 Å². The molecule has 0 saturated heterocycles. The molecule has 0 fully saturated rings. The quantitative estimate of drug-likeness (QED) is 0.840. The van der Waals surface area contributed by atoms with E-state index in [1.807, 2.05) is 25.1 Å². The van der Waals surface area contributed by atoms with E-state index in [0.717, 1.165) is 5.56 Å². The monoisotopic (exact) mass is 262 g/mol. The summed E-state index contributed by atoms with van der Waals surface area (Å²) in [6.07, 6.45) is 0. The fourth-order valence-corrected chi connectivity index (χ4v) is 2.06. The van der Waals surface area contributed by atoms with Gasteiger partial charge >= 0.3 is 0 Å². The van der Waals surface area contributed by atoms with Gasteiger partial charge in [-0.2, -0.15) is 0 Å². The van der Waals surface area contributed by atoms with Crippen LogP contribution in [0.2, 0.25) is 5.02 Å². The summed E-state index contributed by atoms with van der Waals surface area (Å²) in [7, 11) is -3.41. The minimum atomic E-state index is -3.41. The molecule has 0 amide bonds. The zero-order valence-corrected chi connectivity index (χ0v) is 10.6. The molecule has 6 heteroatoms. The van der Waals surface area contributed by atoms with Gasteiger partial charge in [-0.05, 0) is 18.6 Å². The Morgan fingerprint density at radius 3 is 2.62 bits per heavy atom. The Morgan fingerprint density at radius 2 is 2.06 bits per heavy atom. The van der Waals surface area contributed by atoms with Crippen LogP contribution in [0.5, 0.6) is 0 Å². The molecule has 0 aliphatic carbocycles. The van der Waals surface area contributed by atoms with Crippen molar-refractivity contribution in [2.75, 3.05) is 12.3 Å². The van der Waals surface area contributed by atoms with Gasteiger partial charge in [0.1, 0.15) is 0 Å². The molecule has 0 spiro atoms. The molecule has 0 aromatic heterocycles. The van der Waals surface area contributed by atoms with Crippen LogP contribution in [0.3, 0.4) is 0 Å². The Bertz CT molecular complexity index is 448. The molecule has 90 valence electrons. The summed E-state index contributed by atoms with van der Waals surface area (Å²) in [5.41, 5.74) is 0.943. The van der Waals surface area contributed by atoms with Crippen LogP contribution in [0.15, 0.2) is 24.3 Å². The van der Waals surface area contributed by atoms with Crippen molar-refractivity contribution in [2.45, 2.75) is 13.0 Å². The summed E-state index contributed by atoms with van der Waals surface area (Å²) in [5.74, 6) is -0.0816. The first-order chi connectivity index (χ1) is 7.40. The highest BCUT2D eigenvalue weighted by atomic mass is 35.5. The third-order valence-electron chi connectivity index (χ3n) is 2.21. The lowest BCUT2D eigenvalue weighted by molar-refractivity contribution is 0.573. The first kappa shape index (κ1) is 13.4. The van der Waals surface area contributed by atoms with E-state index in [-0.39, 0.29) is 11.8 Å². The Balaban J connectivity index is 2.54. The summed E-state index contributed by atoms with van der Waals surface area (Å²) < 4.78 is 21.5. The fraction of sp³-hybridized carbons (Fsp3) is 0.400. The molecule has 3 N–H and O–H groups in total. The third kappa shape index (κ3) is 4.49. The van der Waals surface area contributed by atoms with Gasteiger partial charge < -0.3 is 5.32 Å². The molecular weight excluding hydrogens is 248 g/mol. The minimum absolute atomic E-state index is 0.00421. The molecule has 0 bridgehead atoms. The highest BCUT2D eigenvalue weighted by molar-refractivity contribution is 7.89. The number of hydrogen-bond acceptors (Lipinski definition) is 3. The normalized spacial score (nSPS) is 13.7. The highest BCUT2D eigenvalue weighted by Gasteiger charge is 2.09. The number of nitrogens with two attached hydrogens (primary N) is 1. The third-order valence-corrected chi connectivity index (χ3v) is 3.33. The largest absolute Gasteiger partial charge is 0.309 e. The van der Waals surface area contributed by atoms with Gasteiger partial charge in [-0.25, -0.2) is 13.6 Å². The van der Waals surface area contributed by atoms with E-state index in [2.05, 4.69) is 5.32 Å². The lowest BCUT2D eigenvalue weighted by Crippen LogP contribution is -2.29. The van der Waals surface area contributed by atoms with Crippen molar-refractivity contribution in [3.05, 3.63) is 34.9 Å². The number of nitrogens with one attached hydrogen (secondary N) is 1. The van der Waals surface area contributed by atoms with Gasteiger partial charge in [-0.15, -0.1) is 0 Å². The van der Waals surface area contributed by atoms with Crippen LogP contribution in [0.25, 0.3) is 0 Å². The smallest absolute Gasteiger partial charge is 0.210 e. The van der Waals surface area contributed by atoms with Crippen LogP contribution in [0.1, 0.15) is 18.5 Å². The topological polar surface area (TPSA) is 72.2 Å². The van der Waals surface area contributed by atoms with Gasteiger partial charge in [0.15, 0.2) is 0 Å². The van der Waals surface area contributed by atoms with E-state index in [9.17, 15) is 8.42 Å². The summed E-state index contributed by atoms with van der Waals surface area (Å²) in [6.45, 7) is 2.23. The summed E-state index contributed by atoms with van der Waals surface area (Å²) in [6, 6.07) is 7.43. The van der Waals surface area contributed by atoms with E-state index in [1.165, 1.54) is 0 Å². The van der Waals surface area contributed by atoms with Crippen molar-refractivity contribution in [3.63, 3.8) is 0 Å². The van der Waals surface area contributed by atoms with E-state index < -0.39 is 10.0 Å². The second-order valence-electron chi connectivity index (χ2n) is 3.56. The van der Waals surface area contributed by atoms with Gasteiger partial charge in [-0.3, -0.25) is 0 Å². The summed E-state index contributed by atoms with van der Waals surface area (Å²) in [4.78, 5) is 0. The molecule has 0 saturated carbocycles. The van der Waals surface area contributed by atoms with E-state index in [4.69, 9.17) is 16.7 Å². The summed E-state index contributed by atoms with van der Waals surface area (Å²) in [5, 5.41) is 8.61. The Hall–Kier alpha value is -0.620. The molecule has 0 aliphatic rings. The SMILES string of the molecule is C[C@@H](NCCS(N)(=O)=O)c1ccccc1Cl. The van der Waals surface area contributed by atoms with Crippen LogP contribution >= 0.6 is 11.6 Å². The molecular formula is C10H15ClN2O2S. The predicted octanol–water partition coefficient (Wildman–Crippen LogP) is 1.28. The average molecular weight is 263 g/mol. The maximum Gasteiger partial charge on any atom is 0.210 e. The molecule has 16 heavy (non-hydrogen) atoms. The van der Waals surface area contributed by atoms with Gasteiger partial charge in [0.2, 0.25) is 10.0 Å². The summed E-state index contributed by atoms with van der Waals surface area (Å²) >= 11 is 6.01. The van der Waals surface area contributed by atoms with Gasteiger partial charge in [0.25, 0.3) is 0 Å². The number of hydrogen-bond donors (Lipinski definition) is 2. The zero-order valence-electron chi connectivity index (χ0n) is 8.98. The highest BCUT2D eigenvalue weighted by Crippen LogP contribution is 2.21. The van der Waals surface area contributed by atoms with Crippen molar-refractivity contribution in [1.29, 1.82) is 0 Å². The Labute approximate surface area is 101 Å².